The molecule has 0 aliphatic carbocycles. The largest absolute Gasteiger partial charge is 0.340 e. The lowest BCUT2D eigenvalue weighted by molar-refractivity contribution is 0.0727. The van der Waals surface area contributed by atoms with Crippen LogP contribution in [0.1, 0.15) is 35.1 Å². The molecule has 1 aliphatic heterocycles. The van der Waals surface area contributed by atoms with E-state index in [1.807, 2.05) is 11.9 Å². The Bertz CT molecular complexity index is 580. The average molecular weight is 257 g/mol. The molecule has 3 rings (SSSR count). The molecule has 0 N–H and O–H groups in total. The number of likely N-dealkylation sites (tertiary alicyclic amines) is 1. The van der Waals surface area contributed by atoms with E-state index in [4.69, 9.17) is 0 Å². The molecule has 6 nitrogen and oxygen atoms in total. The van der Waals surface area contributed by atoms with Crippen molar-refractivity contribution < 1.29 is 4.79 Å². The zero-order chi connectivity index (χ0) is 13.2. The Hall–Kier alpha value is -2.24. The molecular weight excluding hydrogens is 242 g/mol. The molecule has 2 aromatic rings. The van der Waals surface area contributed by atoms with E-state index in [1.165, 1.54) is 0 Å². The van der Waals surface area contributed by atoms with Gasteiger partial charge in [-0.2, -0.15) is 0 Å². The summed E-state index contributed by atoms with van der Waals surface area (Å²) in [4.78, 5) is 26.8. The molecule has 0 spiro atoms. The normalized spacial score (nSPS) is 18.8. The summed E-state index contributed by atoms with van der Waals surface area (Å²) in [6, 6.07) is 0.0169. The summed E-state index contributed by atoms with van der Waals surface area (Å²) in [5.74, 6) is -0.0336. The van der Waals surface area contributed by atoms with Crippen LogP contribution in [0.15, 0.2) is 31.1 Å². The molecule has 1 amide bonds. The van der Waals surface area contributed by atoms with Gasteiger partial charge < -0.3 is 9.47 Å². The fourth-order valence-electron chi connectivity index (χ4n) is 2.47. The summed E-state index contributed by atoms with van der Waals surface area (Å²) in [7, 11) is 1.86. The number of aromatic nitrogens is 4. The number of rotatable bonds is 2. The van der Waals surface area contributed by atoms with Gasteiger partial charge in [-0.25, -0.2) is 4.98 Å². The summed E-state index contributed by atoms with van der Waals surface area (Å²) in [5, 5.41) is 0. The molecule has 0 aromatic carbocycles. The summed E-state index contributed by atoms with van der Waals surface area (Å²) in [6.45, 7) is 0.747. The maximum absolute atomic E-state index is 12.4. The lowest BCUT2D eigenvalue weighted by Gasteiger charge is -2.23. The summed E-state index contributed by atoms with van der Waals surface area (Å²) < 4.78 is 1.78. The maximum Gasteiger partial charge on any atom is 0.274 e. The van der Waals surface area contributed by atoms with E-state index >= 15 is 0 Å². The Labute approximate surface area is 111 Å². The number of hydrogen-bond donors (Lipinski definition) is 0. The second-order valence-corrected chi connectivity index (χ2v) is 4.71. The van der Waals surface area contributed by atoms with Crippen LogP contribution < -0.4 is 0 Å². The Morgan fingerprint density at radius 1 is 1.37 bits per heavy atom. The molecule has 1 unspecified atom stereocenters. The highest BCUT2D eigenvalue weighted by molar-refractivity contribution is 5.92. The monoisotopic (exact) mass is 257 g/mol. The zero-order valence-corrected chi connectivity index (χ0v) is 10.7. The van der Waals surface area contributed by atoms with Crippen molar-refractivity contribution in [3.63, 3.8) is 0 Å². The fourth-order valence-corrected chi connectivity index (χ4v) is 2.47. The zero-order valence-electron chi connectivity index (χ0n) is 10.7. The van der Waals surface area contributed by atoms with Crippen LogP contribution in [0, 0.1) is 0 Å². The van der Waals surface area contributed by atoms with Crippen LogP contribution in [0.25, 0.3) is 0 Å². The van der Waals surface area contributed by atoms with E-state index in [9.17, 15) is 4.79 Å². The molecule has 1 saturated heterocycles. The van der Waals surface area contributed by atoms with Gasteiger partial charge in [0.1, 0.15) is 5.69 Å². The number of amides is 1. The van der Waals surface area contributed by atoms with Gasteiger partial charge in [0.2, 0.25) is 0 Å². The van der Waals surface area contributed by atoms with E-state index in [2.05, 4.69) is 15.0 Å². The molecular formula is C13H15N5O. The number of imidazole rings is 1. The Morgan fingerprint density at radius 2 is 2.26 bits per heavy atom. The Morgan fingerprint density at radius 3 is 2.95 bits per heavy atom. The van der Waals surface area contributed by atoms with Crippen molar-refractivity contribution in [2.45, 2.75) is 18.9 Å². The minimum absolute atomic E-state index is 0.0169. The van der Waals surface area contributed by atoms with Crippen LogP contribution in [0.4, 0.5) is 0 Å². The van der Waals surface area contributed by atoms with Gasteiger partial charge in [-0.15, -0.1) is 0 Å². The third-order valence-electron chi connectivity index (χ3n) is 3.36. The van der Waals surface area contributed by atoms with Gasteiger partial charge in [0.25, 0.3) is 5.91 Å². The third kappa shape index (κ3) is 2.21. The van der Waals surface area contributed by atoms with E-state index in [0.29, 0.717) is 5.69 Å². The van der Waals surface area contributed by atoms with Crippen molar-refractivity contribution in [3.8, 4) is 0 Å². The lowest BCUT2D eigenvalue weighted by Crippen LogP contribution is -2.31. The highest BCUT2D eigenvalue weighted by Gasteiger charge is 2.32. The summed E-state index contributed by atoms with van der Waals surface area (Å²) in [6.07, 6.45) is 10.3. The molecule has 6 heteroatoms. The summed E-state index contributed by atoms with van der Waals surface area (Å²) in [5.41, 5.74) is 1.34. The van der Waals surface area contributed by atoms with Crippen LogP contribution in [0.2, 0.25) is 0 Å². The standard InChI is InChI=1S/C13H15N5O/c1-17-8-11(16-9-17)13(19)18-6-2-3-12(18)10-7-14-4-5-15-10/h4-5,7-9,12H,2-3,6H2,1H3. The first-order valence-electron chi connectivity index (χ1n) is 6.30. The fraction of sp³-hybridized carbons (Fsp3) is 0.385. The van der Waals surface area contributed by atoms with Gasteiger partial charge >= 0.3 is 0 Å². The van der Waals surface area contributed by atoms with Crippen molar-refractivity contribution in [2.75, 3.05) is 6.54 Å². The van der Waals surface area contributed by atoms with Crippen molar-refractivity contribution in [3.05, 3.63) is 42.5 Å². The van der Waals surface area contributed by atoms with Crippen LogP contribution in [0.5, 0.6) is 0 Å². The SMILES string of the molecule is Cn1cnc(C(=O)N2CCCC2c2cnccn2)c1. The first kappa shape index (κ1) is 11.8. The molecule has 0 saturated carbocycles. The topological polar surface area (TPSA) is 63.9 Å². The van der Waals surface area contributed by atoms with Crippen molar-refractivity contribution in [1.82, 2.24) is 24.4 Å². The van der Waals surface area contributed by atoms with Crippen molar-refractivity contribution in [1.29, 1.82) is 0 Å². The predicted octanol–water partition coefficient (Wildman–Crippen LogP) is 1.19. The van der Waals surface area contributed by atoms with Gasteiger partial charge in [0, 0.05) is 32.2 Å². The quantitative estimate of drug-likeness (QED) is 0.810. The lowest BCUT2D eigenvalue weighted by atomic mass is 10.1. The van der Waals surface area contributed by atoms with E-state index in [1.54, 1.807) is 35.7 Å². The number of aryl methyl sites for hydroxylation is 1. The van der Waals surface area contributed by atoms with Crippen LogP contribution in [-0.2, 0) is 7.05 Å². The minimum atomic E-state index is -0.0336. The molecule has 1 aliphatic rings. The summed E-state index contributed by atoms with van der Waals surface area (Å²) >= 11 is 0. The average Bonchev–Trinajstić information content (AvgIpc) is 3.07. The second kappa shape index (κ2) is 4.79. The van der Waals surface area contributed by atoms with Gasteiger partial charge in [0.05, 0.1) is 24.3 Å². The van der Waals surface area contributed by atoms with Gasteiger partial charge in [-0.1, -0.05) is 0 Å². The number of carbonyl (C=O) groups excluding carboxylic acids is 1. The van der Waals surface area contributed by atoms with E-state index < -0.39 is 0 Å². The predicted molar refractivity (Wildman–Crippen MR) is 68.3 cm³/mol. The van der Waals surface area contributed by atoms with E-state index in [-0.39, 0.29) is 11.9 Å². The van der Waals surface area contributed by atoms with Gasteiger partial charge in [-0.3, -0.25) is 14.8 Å². The van der Waals surface area contributed by atoms with Crippen molar-refractivity contribution in [2.24, 2.45) is 7.05 Å². The molecule has 2 aromatic heterocycles. The first-order valence-corrected chi connectivity index (χ1v) is 6.30. The number of carbonyl (C=O) groups is 1. The number of hydrogen-bond acceptors (Lipinski definition) is 4. The van der Waals surface area contributed by atoms with Crippen LogP contribution in [-0.4, -0.2) is 36.9 Å². The van der Waals surface area contributed by atoms with E-state index in [0.717, 1.165) is 25.1 Å². The third-order valence-corrected chi connectivity index (χ3v) is 3.36. The second-order valence-electron chi connectivity index (χ2n) is 4.71. The van der Waals surface area contributed by atoms with Gasteiger partial charge in [-0.05, 0) is 12.8 Å². The Balaban J connectivity index is 1.86. The number of nitrogens with zero attached hydrogens (tertiary/aromatic N) is 5. The molecule has 0 radical (unpaired) electrons. The molecule has 3 heterocycles. The van der Waals surface area contributed by atoms with Crippen molar-refractivity contribution >= 4 is 5.91 Å². The molecule has 1 fully saturated rings. The molecule has 98 valence electrons. The molecule has 19 heavy (non-hydrogen) atoms. The Kier molecular flexibility index (Phi) is 2.98. The molecule has 1 atom stereocenters. The minimum Gasteiger partial charge on any atom is -0.340 e. The highest BCUT2D eigenvalue weighted by atomic mass is 16.2. The smallest absolute Gasteiger partial charge is 0.274 e. The highest BCUT2D eigenvalue weighted by Crippen LogP contribution is 2.31. The first-order chi connectivity index (χ1) is 9.25. The molecule has 0 bridgehead atoms. The maximum atomic E-state index is 12.4. The van der Waals surface area contributed by atoms with Gasteiger partial charge in [0.15, 0.2) is 0 Å². The van der Waals surface area contributed by atoms with Crippen LogP contribution in [0.3, 0.4) is 0 Å². The van der Waals surface area contributed by atoms with Crippen LogP contribution >= 0.6 is 0 Å².